The van der Waals surface area contributed by atoms with Gasteiger partial charge in [-0.05, 0) is 25.5 Å². The number of nitrogens with zero attached hydrogens (tertiary/aromatic N) is 2. The van der Waals surface area contributed by atoms with Crippen molar-refractivity contribution in [2.75, 3.05) is 13.2 Å². The summed E-state index contributed by atoms with van der Waals surface area (Å²) in [6.07, 6.45) is 6.25. The lowest BCUT2D eigenvalue weighted by Gasteiger charge is -2.14. The maximum absolute atomic E-state index is 12.4. The summed E-state index contributed by atoms with van der Waals surface area (Å²) >= 11 is 0. The number of carbonyl (C=O) groups excluding carboxylic acids is 1. The number of aromatic nitrogens is 2. The highest BCUT2D eigenvalue weighted by Gasteiger charge is 2.26. The molecule has 0 saturated carbocycles. The molecule has 0 bridgehead atoms. The van der Waals surface area contributed by atoms with E-state index in [0.29, 0.717) is 42.7 Å². The van der Waals surface area contributed by atoms with Gasteiger partial charge in [0.15, 0.2) is 17.3 Å². The van der Waals surface area contributed by atoms with Gasteiger partial charge in [0.2, 0.25) is 5.78 Å². The van der Waals surface area contributed by atoms with E-state index in [1.165, 1.54) is 0 Å². The van der Waals surface area contributed by atoms with Crippen molar-refractivity contribution >= 4 is 11.9 Å². The molecule has 0 saturated heterocycles. The van der Waals surface area contributed by atoms with Crippen LogP contribution in [-0.2, 0) is 6.54 Å². The largest absolute Gasteiger partial charge is 0.490 e. The smallest absolute Gasteiger partial charge is 0.226 e. The number of allylic oxidation sites excluding steroid dienone is 1. The number of benzene rings is 1. The SMILES string of the molecule is CCCOc1c(C=C2Cn3ccnc3C2=O)cccc1OCC. The zero-order chi connectivity index (χ0) is 16.2. The lowest BCUT2D eigenvalue weighted by atomic mass is 10.1. The molecule has 0 fully saturated rings. The molecule has 0 radical (unpaired) electrons. The van der Waals surface area contributed by atoms with E-state index in [-0.39, 0.29) is 5.78 Å². The molecule has 0 amide bonds. The molecular weight excluding hydrogens is 292 g/mol. The molecule has 0 aliphatic carbocycles. The van der Waals surface area contributed by atoms with Gasteiger partial charge >= 0.3 is 0 Å². The normalized spacial score (nSPS) is 15.0. The third kappa shape index (κ3) is 2.99. The van der Waals surface area contributed by atoms with Crippen molar-refractivity contribution in [3.05, 3.63) is 47.6 Å². The van der Waals surface area contributed by atoms with Crippen molar-refractivity contribution in [1.82, 2.24) is 9.55 Å². The van der Waals surface area contributed by atoms with Crippen LogP contribution in [0.3, 0.4) is 0 Å². The van der Waals surface area contributed by atoms with Gasteiger partial charge in [-0.15, -0.1) is 0 Å². The summed E-state index contributed by atoms with van der Waals surface area (Å²) in [5.41, 5.74) is 1.57. The van der Waals surface area contributed by atoms with Gasteiger partial charge in [-0.3, -0.25) is 4.79 Å². The Morgan fingerprint density at radius 3 is 2.91 bits per heavy atom. The average Bonchev–Trinajstić information content (AvgIpc) is 3.11. The Bertz CT molecular complexity index is 746. The first-order chi connectivity index (χ1) is 11.2. The summed E-state index contributed by atoms with van der Waals surface area (Å²) < 4.78 is 13.4. The number of para-hydroxylation sites is 1. The number of hydrogen-bond acceptors (Lipinski definition) is 4. The topological polar surface area (TPSA) is 53.4 Å². The average molecular weight is 312 g/mol. The molecule has 1 aliphatic heterocycles. The Hall–Kier alpha value is -2.56. The van der Waals surface area contributed by atoms with Crippen LogP contribution in [0, 0.1) is 0 Å². The number of imidazole rings is 1. The third-order valence-corrected chi connectivity index (χ3v) is 3.64. The molecule has 0 spiro atoms. The predicted molar refractivity (Wildman–Crippen MR) is 87.9 cm³/mol. The second-order valence-electron chi connectivity index (χ2n) is 5.33. The third-order valence-electron chi connectivity index (χ3n) is 3.64. The first kappa shape index (κ1) is 15.3. The van der Waals surface area contributed by atoms with Crippen molar-refractivity contribution in [3.8, 4) is 11.5 Å². The Labute approximate surface area is 135 Å². The molecule has 5 heteroatoms. The zero-order valence-corrected chi connectivity index (χ0v) is 13.4. The van der Waals surface area contributed by atoms with E-state index in [4.69, 9.17) is 9.47 Å². The van der Waals surface area contributed by atoms with Crippen LogP contribution in [-0.4, -0.2) is 28.5 Å². The first-order valence-electron chi connectivity index (χ1n) is 7.89. The van der Waals surface area contributed by atoms with Gasteiger partial charge in [0.05, 0.1) is 19.8 Å². The summed E-state index contributed by atoms with van der Waals surface area (Å²) in [7, 11) is 0. The molecule has 1 aromatic carbocycles. The van der Waals surface area contributed by atoms with E-state index >= 15 is 0 Å². The minimum Gasteiger partial charge on any atom is -0.490 e. The van der Waals surface area contributed by atoms with E-state index in [1.807, 2.05) is 42.0 Å². The maximum atomic E-state index is 12.4. The summed E-state index contributed by atoms with van der Waals surface area (Å²) in [5, 5.41) is 0. The molecule has 0 atom stereocenters. The second kappa shape index (κ2) is 6.69. The van der Waals surface area contributed by atoms with Crippen LogP contribution < -0.4 is 9.47 Å². The number of ketones is 1. The Morgan fingerprint density at radius 2 is 2.17 bits per heavy atom. The number of carbonyl (C=O) groups is 1. The van der Waals surface area contributed by atoms with Gasteiger partial charge in [-0.25, -0.2) is 4.98 Å². The predicted octanol–water partition coefficient (Wildman–Crippen LogP) is 3.35. The van der Waals surface area contributed by atoms with Crippen LogP contribution in [0.2, 0.25) is 0 Å². The number of ether oxygens (including phenoxy) is 2. The number of fused-ring (bicyclic) bond motifs is 1. The van der Waals surface area contributed by atoms with Crippen molar-refractivity contribution in [3.63, 3.8) is 0 Å². The van der Waals surface area contributed by atoms with E-state index in [0.717, 1.165) is 12.0 Å². The summed E-state index contributed by atoms with van der Waals surface area (Å²) in [6.45, 7) is 5.71. The minimum atomic E-state index is -0.0294. The first-order valence-corrected chi connectivity index (χ1v) is 7.89. The van der Waals surface area contributed by atoms with Crippen molar-refractivity contribution in [1.29, 1.82) is 0 Å². The Morgan fingerprint density at radius 1 is 1.30 bits per heavy atom. The van der Waals surface area contributed by atoms with Gasteiger partial charge in [0.25, 0.3) is 0 Å². The molecule has 5 nitrogen and oxygen atoms in total. The number of rotatable bonds is 6. The fourth-order valence-corrected chi connectivity index (χ4v) is 2.62. The van der Waals surface area contributed by atoms with E-state index in [2.05, 4.69) is 11.9 Å². The van der Waals surface area contributed by atoms with Crippen LogP contribution in [0.1, 0.15) is 36.5 Å². The van der Waals surface area contributed by atoms with Crippen molar-refractivity contribution in [2.24, 2.45) is 0 Å². The molecule has 120 valence electrons. The Balaban J connectivity index is 1.96. The van der Waals surface area contributed by atoms with Gasteiger partial charge in [-0.2, -0.15) is 0 Å². The molecule has 1 aromatic heterocycles. The highest BCUT2D eigenvalue weighted by atomic mass is 16.5. The van der Waals surface area contributed by atoms with Gasteiger partial charge in [0.1, 0.15) is 0 Å². The highest BCUT2D eigenvalue weighted by molar-refractivity contribution is 6.11. The van der Waals surface area contributed by atoms with Crippen LogP contribution in [0.25, 0.3) is 6.08 Å². The molecular formula is C18H20N2O3. The van der Waals surface area contributed by atoms with E-state index < -0.39 is 0 Å². The second-order valence-corrected chi connectivity index (χ2v) is 5.33. The summed E-state index contributed by atoms with van der Waals surface area (Å²) in [6, 6.07) is 5.74. The maximum Gasteiger partial charge on any atom is 0.226 e. The van der Waals surface area contributed by atoms with Crippen molar-refractivity contribution < 1.29 is 14.3 Å². The summed E-state index contributed by atoms with van der Waals surface area (Å²) in [4.78, 5) is 16.5. The van der Waals surface area contributed by atoms with Crippen molar-refractivity contribution in [2.45, 2.75) is 26.8 Å². The van der Waals surface area contributed by atoms with Crippen LogP contribution in [0.5, 0.6) is 11.5 Å². The van der Waals surface area contributed by atoms with Crippen LogP contribution in [0.15, 0.2) is 36.2 Å². The minimum absolute atomic E-state index is 0.0294. The Kier molecular flexibility index (Phi) is 4.46. The quantitative estimate of drug-likeness (QED) is 0.768. The standard InChI is InChI=1S/C18H20N2O3/c1-3-10-23-17-13(6-5-7-15(17)22-4-2)11-14-12-20-9-8-19-18(20)16(14)21/h5-9,11H,3-4,10,12H2,1-2H3. The molecule has 2 heterocycles. The molecule has 2 aromatic rings. The molecule has 0 N–H and O–H groups in total. The van der Waals surface area contributed by atoms with E-state index in [1.54, 1.807) is 6.20 Å². The monoisotopic (exact) mass is 312 g/mol. The van der Waals surface area contributed by atoms with Gasteiger partial charge in [0, 0.05) is 23.5 Å². The van der Waals surface area contributed by atoms with Crippen LogP contribution >= 0.6 is 0 Å². The molecule has 3 rings (SSSR count). The highest BCUT2D eigenvalue weighted by Crippen LogP contribution is 2.34. The van der Waals surface area contributed by atoms with Gasteiger partial charge in [-0.1, -0.05) is 19.1 Å². The van der Waals surface area contributed by atoms with Crippen LogP contribution in [0.4, 0.5) is 0 Å². The fraction of sp³-hybridized carbons (Fsp3) is 0.333. The molecule has 0 unspecified atom stereocenters. The number of hydrogen-bond donors (Lipinski definition) is 0. The van der Waals surface area contributed by atoms with Gasteiger partial charge < -0.3 is 14.0 Å². The fourth-order valence-electron chi connectivity index (χ4n) is 2.62. The van der Waals surface area contributed by atoms with E-state index in [9.17, 15) is 4.79 Å². The lowest BCUT2D eigenvalue weighted by molar-refractivity contribution is 0.103. The summed E-state index contributed by atoms with van der Waals surface area (Å²) in [5.74, 6) is 1.87. The number of Topliss-reactive ketones (excluding diaryl/α,β-unsaturated/α-hetero) is 1. The zero-order valence-electron chi connectivity index (χ0n) is 13.4. The lowest BCUT2D eigenvalue weighted by Crippen LogP contribution is -2.02. The molecule has 23 heavy (non-hydrogen) atoms. The molecule has 1 aliphatic rings.